The smallest absolute Gasteiger partial charge is 0.303 e. The van der Waals surface area contributed by atoms with Crippen molar-refractivity contribution < 1.29 is 19.1 Å². The molecule has 0 aromatic carbocycles. The number of hydrogen-bond acceptors (Lipinski definition) is 3. The molecular formula is C14H16BrNO4. The lowest BCUT2D eigenvalue weighted by Gasteiger charge is -2.30. The summed E-state index contributed by atoms with van der Waals surface area (Å²) >= 11 is 3.20. The molecule has 0 unspecified atom stereocenters. The number of nitrogens with zero attached hydrogens (tertiary/aromatic N) is 1. The van der Waals surface area contributed by atoms with Crippen molar-refractivity contribution in [1.29, 1.82) is 0 Å². The summed E-state index contributed by atoms with van der Waals surface area (Å²) in [5, 5.41) is 8.75. The van der Waals surface area contributed by atoms with E-state index in [1.54, 1.807) is 23.1 Å². The van der Waals surface area contributed by atoms with Crippen molar-refractivity contribution in [2.24, 2.45) is 5.92 Å². The molecule has 1 fully saturated rings. The number of carboxylic acid groups (broad SMARTS) is 1. The van der Waals surface area contributed by atoms with Crippen LogP contribution >= 0.6 is 15.9 Å². The molecule has 0 aliphatic carbocycles. The van der Waals surface area contributed by atoms with Crippen LogP contribution in [0.4, 0.5) is 0 Å². The third-order valence-electron chi connectivity index (χ3n) is 3.37. The largest absolute Gasteiger partial charge is 0.481 e. The van der Waals surface area contributed by atoms with Crippen LogP contribution in [0.5, 0.6) is 0 Å². The van der Waals surface area contributed by atoms with E-state index in [0.717, 1.165) is 12.8 Å². The molecule has 1 saturated heterocycles. The number of halogens is 1. The number of likely N-dealkylation sites (tertiary alicyclic amines) is 1. The molecule has 2 rings (SSSR count). The normalized spacial score (nSPS) is 16.8. The van der Waals surface area contributed by atoms with E-state index in [4.69, 9.17) is 9.52 Å². The highest BCUT2D eigenvalue weighted by molar-refractivity contribution is 9.10. The maximum atomic E-state index is 12.0. The Labute approximate surface area is 125 Å². The monoisotopic (exact) mass is 341 g/mol. The van der Waals surface area contributed by atoms with Crippen LogP contribution in [-0.4, -0.2) is 35.0 Å². The Morgan fingerprint density at radius 3 is 2.65 bits per heavy atom. The van der Waals surface area contributed by atoms with Crippen LogP contribution in [0.1, 0.15) is 25.0 Å². The number of carbonyl (C=O) groups excluding carboxylic acids is 1. The molecule has 1 aromatic heterocycles. The van der Waals surface area contributed by atoms with E-state index >= 15 is 0 Å². The molecule has 108 valence electrons. The summed E-state index contributed by atoms with van der Waals surface area (Å²) in [7, 11) is 0. The minimum atomic E-state index is -0.766. The van der Waals surface area contributed by atoms with Gasteiger partial charge in [-0.3, -0.25) is 9.59 Å². The third kappa shape index (κ3) is 4.23. The number of carboxylic acids is 1. The lowest BCUT2D eigenvalue weighted by molar-refractivity contribution is -0.138. The van der Waals surface area contributed by atoms with Gasteiger partial charge in [0.1, 0.15) is 5.76 Å². The highest BCUT2D eigenvalue weighted by atomic mass is 79.9. The van der Waals surface area contributed by atoms with Crippen LogP contribution in [-0.2, 0) is 9.59 Å². The summed E-state index contributed by atoms with van der Waals surface area (Å²) in [6.07, 6.45) is 4.81. The van der Waals surface area contributed by atoms with E-state index in [9.17, 15) is 9.59 Å². The van der Waals surface area contributed by atoms with Crippen LogP contribution in [0.15, 0.2) is 27.3 Å². The van der Waals surface area contributed by atoms with E-state index in [0.29, 0.717) is 23.5 Å². The zero-order valence-corrected chi connectivity index (χ0v) is 12.5. The van der Waals surface area contributed by atoms with Crippen molar-refractivity contribution >= 4 is 33.9 Å². The Morgan fingerprint density at radius 2 is 2.10 bits per heavy atom. The second kappa shape index (κ2) is 6.74. The predicted molar refractivity (Wildman–Crippen MR) is 77.0 cm³/mol. The van der Waals surface area contributed by atoms with Gasteiger partial charge in [-0.05, 0) is 52.9 Å². The standard InChI is InChI=1S/C14H16BrNO4/c15-12-3-1-11(20-12)2-4-13(17)16-7-5-10(6-8-16)9-14(18)19/h1-4,10H,5-9H2,(H,18,19). The minimum Gasteiger partial charge on any atom is -0.481 e. The van der Waals surface area contributed by atoms with E-state index in [1.165, 1.54) is 6.08 Å². The first-order valence-electron chi connectivity index (χ1n) is 6.48. The first kappa shape index (κ1) is 14.8. The van der Waals surface area contributed by atoms with E-state index < -0.39 is 5.97 Å². The molecule has 0 saturated carbocycles. The van der Waals surface area contributed by atoms with Crippen LogP contribution in [0.2, 0.25) is 0 Å². The van der Waals surface area contributed by atoms with Crippen LogP contribution in [0, 0.1) is 5.92 Å². The SMILES string of the molecule is O=C(O)CC1CCN(C(=O)C=Cc2ccc(Br)o2)CC1. The summed E-state index contributed by atoms with van der Waals surface area (Å²) in [6.45, 7) is 1.23. The predicted octanol–water partition coefficient (Wildman–Crippen LogP) is 2.77. The summed E-state index contributed by atoms with van der Waals surface area (Å²) in [5.74, 6) is -0.0306. The quantitative estimate of drug-likeness (QED) is 0.854. The number of amides is 1. The highest BCUT2D eigenvalue weighted by Crippen LogP contribution is 2.21. The number of rotatable bonds is 4. The fourth-order valence-electron chi connectivity index (χ4n) is 2.28. The lowest BCUT2D eigenvalue weighted by Crippen LogP contribution is -2.37. The van der Waals surface area contributed by atoms with Crippen molar-refractivity contribution in [3.8, 4) is 0 Å². The fraction of sp³-hybridized carbons (Fsp3) is 0.429. The topological polar surface area (TPSA) is 70.8 Å². The van der Waals surface area contributed by atoms with Crippen LogP contribution < -0.4 is 0 Å². The van der Waals surface area contributed by atoms with Gasteiger partial charge in [0.15, 0.2) is 4.67 Å². The number of carbonyl (C=O) groups is 2. The van der Waals surface area contributed by atoms with Gasteiger partial charge >= 0.3 is 5.97 Å². The van der Waals surface area contributed by atoms with Gasteiger partial charge in [-0.2, -0.15) is 0 Å². The highest BCUT2D eigenvalue weighted by Gasteiger charge is 2.23. The molecular weight excluding hydrogens is 326 g/mol. The Bertz CT molecular complexity index is 515. The molecule has 0 bridgehead atoms. The molecule has 0 spiro atoms. The van der Waals surface area contributed by atoms with Crippen molar-refractivity contribution in [2.45, 2.75) is 19.3 Å². The Kier molecular flexibility index (Phi) is 5.00. The lowest BCUT2D eigenvalue weighted by atomic mass is 9.93. The second-order valence-electron chi connectivity index (χ2n) is 4.84. The number of hydrogen-bond donors (Lipinski definition) is 1. The van der Waals surface area contributed by atoms with Gasteiger partial charge < -0.3 is 14.4 Å². The molecule has 20 heavy (non-hydrogen) atoms. The Hall–Kier alpha value is -1.56. The van der Waals surface area contributed by atoms with Gasteiger partial charge in [-0.25, -0.2) is 0 Å². The number of furan rings is 1. The number of aliphatic carboxylic acids is 1. The van der Waals surface area contributed by atoms with E-state index in [-0.39, 0.29) is 18.2 Å². The second-order valence-corrected chi connectivity index (χ2v) is 5.62. The maximum absolute atomic E-state index is 12.0. The summed E-state index contributed by atoms with van der Waals surface area (Å²) in [4.78, 5) is 24.4. The zero-order valence-electron chi connectivity index (χ0n) is 10.9. The maximum Gasteiger partial charge on any atom is 0.303 e. The molecule has 1 N–H and O–H groups in total. The summed E-state index contributed by atoms with van der Waals surface area (Å²) in [5.41, 5.74) is 0. The molecule has 0 atom stereocenters. The van der Waals surface area contributed by atoms with Gasteiger partial charge in [0.05, 0.1) is 0 Å². The Morgan fingerprint density at radius 1 is 1.40 bits per heavy atom. The van der Waals surface area contributed by atoms with Gasteiger partial charge in [-0.1, -0.05) is 0 Å². The van der Waals surface area contributed by atoms with Gasteiger partial charge in [0, 0.05) is 25.6 Å². The van der Waals surface area contributed by atoms with E-state index in [1.807, 2.05) is 0 Å². The average Bonchev–Trinajstić information content (AvgIpc) is 2.82. The van der Waals surface area contributed by atoms with Crippen molar-refractivity contribution in [3.05, 3.63) is 28.6 Å². The van der Waals surface area contributed by atoms with Crippen LogP contribution in [0.3, 0.4) is 0 Å². The Balaban J connectivity index is 1.82. The molecule has 2 heterocycles. The number of piperidine rings is 1. The first-order valence-corrected chi connectivity index (χ1v) is 7.28. The molecule has 1 aliphatic rings. The molecule has 0 radical (unpaired) electrons. The van der Waals surface area contributed by atoms with Crippen molar-refractivity contribution in [2.75, 3.05) is 13.1 Å². The van der Waals surface area contributed by atoms with Gasteiger partial charge in [0.25, 0.3) is 0 Å². The summed E-state index contributed by atoms with van der Waals surface area (Å²) in [6, 6.07) is 3.54. The molecule has 5 nitrogen and oxygen atoms in total. The molecule has 1 aliphatic heterocycles. The molecule has 1 amide bonds. The third-order valence-corrected chi connectivity index (χ3v) is 3.80. The fourth-order valence-corrected chi connectivity index (χ4v) is 2.60. The van der Waals surface area contributed by atoms with Gasteiger partial charge in [-0.15, -0.1) is 0 Å². The average molecular weight is 342 g/mol. The first-order chi connectivity index (χ1) is 9.54. The zero-order chi connectivity index (χ0) is 14.5. The minimum absolute atomic E-state index is 0.0636. The van der Waals surface area contributed by atoms with Gasteiger partial charge in [0.2, 0.25) is 5.91 Å². The molecule has 6 heteroatoms. The van der Waals surface area contributed by atoms with E-state index in [2.05, 4.69) is 15.9 Å². The van der Waals surface area contributed by atoms with Crippen molar-refractivity contribution in [1.82, 2.24) is 4.90 Å². The van der Waals surface area contributed by atoms with Crippen LogP contribution in [0.25, 0.3) is 6.08 Å². The van der Waals surface area contributed by atoms with Crippen molar-refractivity contribution in [3.63, 3.8) is 0 Å². The molecule has 1 aromatic rings. The summed E-state index contributed by atoms with van der Waals surface area (Å²) < 4.78 is 5.90.